The van der Waals surface area contributed by atoms with E-state index in [1.54, 1.807) is 45.3 Å². The number of rotatable bonds is 8. The van der Waals surface area contributed by atoms with Crippen LogP contribution in [0.1, 0.15) is 90.8 Å². The van der Waals surface area contributed by atoms with Crippen LogP contribution in [-0.2, 0) is 29.2 Å². The number of pyridine rings is 1. The number of hydrogen-bond donors (Lipinski definition) is 1. The third-order valence-electron chi connectivity index (χ3n) is 8.55. The Balaban J connectivity index is 1.86. The lowest BCUT2D eigenvalue weighted by Crippen LogP contribution is -2.56. The van der Waals surface area contributed by atoms with E-state index in [0.29, 0.717) is 11.3 Å². The molecule has 2 fully saturated rings. The maximum absolute atomic E-state index is 15.1. The number of nitrogens with zero attached hydrogens (tertiary/aromatic N) is 3. The Morgan fingerprint density at radius 1 is 0.956 bits per heavy atom. The van der Waals surface area contributed by atoms with Gasteiger partial charge in [-0.25, -0.2) is 4.79 Å². The van der Waals surface area contributed by atoms with Gasteiger partial charge in [0.15, 0.2) is 0 Å². The van der Waals surface area contributed by atoms with Gasteiger partial charge >= 0.3 is 6.09 Å². The Bertz CT molecular complexity index is 1300. The van der Waals surface area contributed by atoms with E-state index < -0.39 is 41.9 Å². The second-order valence-electron chi connectivity index (χ2n) is 14.1. The summed E-state index contributed by atoms with van der Waals surface area (Å²) in [5.41, 5.74) is 1.23. The van der Waals surface area contributed by atoms with Crippen LogP contribution in [0.3, 0.4) is 0 Å². The first-order chi connectivity index (χ1) is 21.2. The van der Waals surface area contributed by atoms with Gasteiger partial charge in [-0.15, -0.1) is 0 Å². The number of benzene rings is 1. The summed E-state index contributed by atoms with van der Waals surface area (Å²) in [7, 11) is 3.02. The Kier molecular flexibility index (Phi) is 10.9. The molecule has 1 aliphatic carbocycles. The average molecular weight is 623 g/mol. The minimum absolute atomic E-state index is 0.0139. The van der Waals surface area contributed by atoms with Gasteiger partial charge in [0.05, 0.1) is 6.54 Å². The number of anilines is 1. The predicted octanol–water partition coefficient (Wildman–Crippen LogP) is 5.55. The van der Waals surface area contributed by atoms with Gasteiger partial charge in [-0.3, -0.25) is 24.4 Å². The second kappa shape index (κ2) is 14.3. The molecule has 1 saturated heterocycles. The van der Waals surface area contributed by atoms with E-state index >= 15 is 4.79 Å². The zero-order chi connectivity index (χ0) is 32.9. The standard InChI is InChI=1S/C35H50N4O6/c1-34(2,3)24-16-18-26(19-17-24)39(28(23-13-12-20-36-21-23)31(40)37-25-14-10-9-11-15-25)32(41)29-30(44-8)27(43-7)22-38(29)33(42)45-35(4,5)6/h12-13,16-21,25,27-30H,9-11,14-15,22H2,1-8H3,(H,37,40)/t27-,28?,29?,30-/m1/s1. The van der Waals surface area contributed by atoms with Crippen molar-refractivity contribution in [2.75, 3.05) is 25.7 Å². The predicted molar refractivity (Wildman–Crippen MR) is 173 cm³/mol. The van der Waals surface area contributed by atoms with E-state index in [4.69, 9.17) is 14.2 Å². The molecule has 1 aliphatic heterocycles. The summed E-state index contributed by atoms with van der Waals surface area (Å²) in [6.07, 6.45) is 6.19. The second-order valence-corrected chi connectivity index (χ2v) is 14.1. The number of methoxy groups -OCH3 is 2. The zero-order valence-corrected chi connectivity index (χ0v) is 28.0. The molecule has 2 heterocycles. The van der Waals surface area contributed by atoms with Crippen LogP contribution in [0.2, 0.25) is 0 Å². The number of aromatic nitrogens is 1. The third-order valence-corrected chi connectivity index (χ3v) is 8.55. The van der Waals surface area contributed by atoms with Gasteiger partial charge in [0.25, 0.3) is 5.91 Å². The van der Waals surface area contributed by atoms with Gasteiger partial charge in [-0.05, 0) is 62.8 Å². The van der Waals surface area contributed by atoms with Crippen molar-refractivity contribution in [3.8, 4) is 0 Å². The number of hydrogen-bond acceptors (Lipinski definition) is 7. The molecule has 2 aromatic rings. The molecule has 1 N–H and O–H groups in total. The molecule has 0 bridgehead atoms. The van der Waals surface area contributed by atoms with E-state index in [2.05, 4.69) is 31.1 Å². The summed E-state index contributed by atoms with van der Waals surface area (Å²) in [5.74, 6) is -0.786. The molecule has 10 heteroatoms. The van der Waals surface area contributed by atoms with E-state index in [1.807, 2.05) is 24.3 Å². The molecule has 4 atom stereocenters. The number of carbonyl (C=O) groups is 3. The molecule has 10 nitrogen and oxygen atoms in total. The van der Waals surface area contributed by atoms with Crippen molar-refractivity contribution >= 4 is 23.6 Å². The van der Waals surface area contributed by atoms with Gasteiger partial charge in [-0.1, -0.05) is 58.2 Å². The lowest BCUT2D eigenvalue weighted by atomic mass is 9.87. The minimum atomic E-state index is -1.13. The van der Waals surface area contributed by atoms with Crippen molar-refractivity contribution < 1.29 is 28.6 Å². The van der Waals surface area contributed by atoms with E-state index in [-0.39, 0.29) is 23.9 Å². The van der Waals surface area contributed by atoms with Gasteiger partial charge < -0.3 is 19.5 Å². The largest absolute Gasteiger partial charge is 0.444 e. The maximum Gasteiger partial charge on any atom is 0.411 e. The Morgan fingerprint density at radius 2 is 1.62 bits per heavy atom. The zero-order valence-electron chi connectivity index (χ0n) is 28.0. The van der Waals surface area contributed by atoms with Crippen LogP contribution in [0.5, 0.6) is 0 Å². The van der Waals surface area contributed by atoms with Crippen LogP contribution in [0, 0.1) is 0 Å². The quantitative estimate of drug-likeness (QED) is 0.411. The van der Waals surface area contributed by atoms with Crippen LogP contribution < -0.4 is 10.2 Å². The van der Waals surface area contributed by atoms with Crippen LogP contribution in [0.25, 0.3) is 0 Å². The highest BCUT2D eigenvalue weighted by Crippen LogP contribution is 2.35. The molecule has 45 heavy (non-hydrogen) atoms. The molecule has 2 aliphatic rings. The summed E-state index contributed by atoms with van der Waals surface area (Å²) in [6.45, 7) is 11.8. The minimum Gasteiger partial charge on any atom is -0.444 e. The molecule has 3 amide bonds. The van der Waals surface area contributed by atoms with Crippen molar-refractivity contribution in [1.29, 1.82) is 0 Å². The SMILES string of the molecule is CO[C@@H]1CN(C(=O)OC(C)(C)C)C(C(=O)N(c2ccc(C(C)(C)C)cc2)C(C(=O)NC2CCCCC2)c2cccnc2)[C@@H]1OC. The number of carbonyl (C=O) groups excluding carboxylic acids is 3. The van der Waals surface area contributed by atoms with Crippen LogP contribution in [0.4, 0.5) is 10.5 Å². The van der Waals surface area contributed by atoms with E-state index in [0.717, 1.165) is 37.7 Å². The fourth-order valence-electron chi connectivity index (χ4n) is 6.21. The molecule has 2 unspecified atom stereocenters. The Morgan fingerprint density at radius 3 is 2.16 bits per heavy atom. The fourth-order valence-corrected chi connectivity index (χ4v) is 6.21. The summed E-state index contributed by atoms with van der Waals surface area (Å²) < 4.78 is 17.3. The molecule has 0 spiro atoms. The highest BCUT2D eigenvalue weighted by molar-refractivity contribution is 6.05. The third kappa shape index (κ3) is 8.21. The van der Waals surface area contributed by atoms with E-state index in [9.17, 15) is 9.59 Å². The summed E-state index contributed by atoms with van der Waals surface area (Å²) in [6, 6.07) is 9.04. The normalized spacial score (nSPS) is 21.7. The van der Waals surface area contributed by atoms with Gasteiger partial charge in [0.1, 0.15) is 29.9 Å². The maximum atomic E-state index is 15.1. The van der Waals surface area contributed by atoms with Crippen molar-refractivity contribution in [3.63, 3.8) is 0 Å². The Labute approximate surface area is 267 Å². The highest BCUT2D eigenvalue weighted by atomic mass is 16.6. The lowest BCUT2D eigenvalue weighted by Gasteiger charge is -2.37. The number of ether oxygens (including phenoxy) is 3. The fraction of sp³-hybridized carbons (Fsp3) is 0.600. The average Bonchev–Trinajstić information content (AvgIpc) is 3.38. The van der Waals surface area contributed by atoms with Gasteiger partial charge in [0.2, 0.25) is 5.91 Å². The molecule has 0 radical (unpaired) electrons. The van der Waals surface area contributed by atoms with Crippen molar-refractivity contribution in [2.45, 2.75) is 115 Å². The van der Waals surface area contributed by atoms with Gasteiger partial charge in [-0.2, -0.15) is 0 Å². The Hall–Kier alpha value is -3.50. The monoisotopic (exact) mass is 622 g/mol. The van der Waals surface area contributed by atoms with E-state index in [1.165, 1.54) is 24.0 Å². The highest BCUT2D eigenvalue weighted by Gasteiger charge is 2.53. The topological polar surface area (TPSA) is 110 Å². The summed E-state index contributed by atoms with van der Waals surface area (Å²) in [5, 5.41) is 3.24. The smallest absolute Gasteiger partial charge is 0.411 e. The number of nitrogens with one attached hydrogen (secondary N) is 1. The number of likely N-dealkylation sites (tertiary alicyclic amines) is 1. The van der Waals surface area contributed by atoms with Crippen LogP contribution in [-0.4, -0.2) is 78.4 Å². The molecule has 1 saturated carbocycles. The van der Waals surface area contributed by atoms with Crippen molar-refractivity contribution in [2.24, 2.45) is 0 Å². The molecular weight excluding hydrogens is 572 g/mol. The van der Waals surface area contributed by atoms with Crippen molar-refractivity contribution in [1.82, 2.24) is 15.2 Å². The molecule has 4 rings (SSSR count). The van der Waals surface area contributed by atoms with Crippen LogP contribution >= 0.6 is 0 Å². The summed E-state index contributed by atoms with van der Waals surface area (Å²) in [4.78, 5) is 50.2. The van der Waals surface area contributed by atoms with Crippen LogP contribution in [0.15, 0.2) is 48.8 Å². The first-order valence-electron chi connectivity index (χ1n) is 15.9. The molecular formula is C35H50N4O6. The lowest BCUT2D eigenvalue weighted by molar-refractivity contribution is -0.131. The first kappa shape index (κ1) is 34.4. The number of amides is 3. The summed E-state index contributed by atoms with van der Waals surface area (Å²) >= 11 is 0. The first-order valence-corrected chi connectivity index (χ1v) is 15.9. The van der Waals surface area contributed by atoms with Gasteiger partial charge in [0, 0.05) is 43.9 Å². The molecule has 1 aromatic heterocycles. The molecule has 1 aromatic carbocycles. The van der Waals surface area contributed by atoms with Crippen molar-refractivity contribution in [3.05, 3.63) is 59.9 Å². The molecule has 246 valence electrons.